The normalized spacial score (nSPS) is 17.5. The van der Waals surface area contributed by atoms with Gasteiger partial charge in [-0.05, 0) is 37.9 Å². The van der Waals surface area contributed by atoms with Crippen molar-refractivity contribution in [3.05, 3.63) is 30.2 Å². The Bertz CT molecular complexity index is 568. The second-order valence-electron chi connectivity index (χ2n) is 5.04. The van der Waals surface area contributed by atoms with Gasteiger partial charge in [0.05, 0.1) is 12.7 Å². The van der Waals surface area contributed by atoms with Gasteiger partial charge in [-0.25, -0.2) is 0 Å². The van der Waals surface area contributed by atoms with Crippen LogP contribution in [0.2, 0.25) is 0 Å². The van der Waals surface area contributed by atoms with Crippen LogP contribution in [-0.4, -0.2) is 29.8 Å². The van der Waals surface area contributed by atoms with Crippen molar-refractivity contribution >= 4 is 12.4 Å². The second kappa shape index (κ2) is 7.43. The summed E-state index contributed by atoms with van der Waals surface area (Å²) in [5, 5.41) is 7.53. The summed E-state index contributed by atoms with van der Waals surface area (Å²) < 4.78 is 10.7. The van der Waals surface area contributed by atoms with Crippen LogP contribution in [0.15, 0.2) is 28.8 Å². The molecule has 1 saturated heterocycles. The number of para-hydroxylation sites is 1. The fourth-order valence-electron chi connectivity index (χ4n) is 2.60. The predicted molar refractivity (Wildman–Crippen MR) is 82.9 cm³/mol. The molecule has 1 N–H and O–H groups in total. The Hall–Kier alpha value is -1.59. The number of hydrogen-bond donors (Lipinski definition) is 1. The lowest BCUT2D eigenvalue weighted by molar-refractivity contribution is 0.368. The van der Waals surface area contributed by atoms with E-state index in [0.717, 1.165) is 30.7 Å². The van der Waals surface area contributed by atoms with E-state index in [9.17, 15) is 0 Å². The van der Waals surface area contributed by atoms with Crippen LogP contribution in [0.4, 0.5) is 0 Å². The summed E-state index contributed by atoms with van der Waals surface area (Å²) in [6.45, 7) is 1.13. The molecule has 1 aromatic carbocycles. The highest BCUT2D eigenvalue weighted by Gasteiger charge is 2.17. The van der Waals surface area contributed by atoms with Gasteiger partial charge in [-0.15, -0.1) is 12.4 Å². The minimum absolute atomic E-state index is 0. The number of nitrogens with zero attached hydrogens (tertiary/aromatic N) is 2. The minimum Gasteiger partial charge on any atom is -0.496 e. The maximum Gasteiger partial charge on any atom is 0.227 e. The number of aryl methyl sites for hydroxylation is 1. The van der Waals surface area contributed by atoms with Gasteiger partial charge in [0, 0.05) is 12.5 Å². The molecule has 0 amide bonds. The third-order valence-corrected chi connectivity index (χ3v) is 3.69. The van der Waals surface area contributed by atoms with Gasteiger partial charge >= 0.3 is 0 Å². The zero-order chi connectivity index (χ0) is 13.8. The van der Waals surface area contributed by atoms with E-state index in [4.69, 9.17) is 9.26 Å². The molecule has 3 rings (SSSR count). The average Bonchev–Trinajstić information content (AvgIpc) is 3.16. The topological polar surface area (TPSA) is 60.2 Å². The Kier molecular flexibility index (Phi) is 5.59. The highest BCUT2D eigenvalue weighted by atomic mass is 35.5. The molecule has 5 nitrogen and oxygen atoms in total. The number of nitrogens with one attached hydrogen (secondary N) is 1. The van der Waals surface area contributed by atoms with E-state index in [1.165, 1.54) is 12.8 Å². The van der Waals surface area contributed by atoms with Crippen molar-refractivity contribution in [2.45, 2.75) is 31.7 Å². The molecule has 0 radical (unpaired) electrons. The Labute approximate surface area is 130 Å². The van der Waals surface area contributed by atoms with Crippen molar-refractivity contribution in [1.29, 1.82) is 0 Å². The summed E-state index contributed by atoms with van der Waals surface area (Å²) in [4.78, 5) is 4.46. The summed E-state index contributed by atoms with van der Waals surface area (Å²) in [5.74, 6) is 2.05. The van der Waals surface area contributed by atoms with Crippen molar-refractivity contribution < 1.29 is 9.26 Å². The standard InChI is InChI=1S/C15H19N3O2.ClH/c1-19-13-7-3-2-6-12(13)15-17-14(20-18-15)9-8-11-5-4-10-16-11;/h2-3,6-7,11,16H,4-5,8-10H2,1H3;1H. The predicted octanol–water partition coefficient (Wildman–Crippen LogP) is 2.85. The van der Waals surface area contributed by atoms with Crippen LogP contribution in [-0.2, 0) is 6.42 Å². The SMILES string of the molecule is COc1ccccc1-c1noc(CCC2CCCN2)n1.Cl. The molecular weight excluding hydrogens is 290 g/mol. The molecule has 1 aromatic heterocycles. The molecule has 1 unspecified atom stereocenters. The van der Waals surface area contributed by atoms with Crippen molar-refractivity contribution in [3.63, 3.8) is 0 Å². The molecule has 0 aliphatic carbocycles. The highest BCUT2D eigenvalue weighted by molar-refractivity contribution is 5.85. The quantitative estimate of drug-likeness (QED) is 0.920. The second-order valence-corrected chi connectivity index (χ2v) is 5.04. The number of benzene rings is 1. The molecule has 0 bridgehead atoms. The van der Waals surface area contributed by atoms with Crippen LogP contribution in [0.25, 0.3) is 11.4 Å². The van der Waals surface area contributed by atoms with Crippen molar-refractivity contribution in [3.8, 4) is 17.1 Å². The van der Waals surface area contributed by atoms with Crippen LogP contribution < -0.4 is 10.1 Å². The first-order chi connectivity index (χ1) is 9.86. The summed E-state index contributed by atoms with van der Waals surface area (Å²) in [5.41, 5.74) is 0.865. The van der Waals surface area contributed by atoms with Gasteiger partial charge in [0.2, 0.25) is 11.7 Å². The Morgan fingerprint density at radius 1 is 1.38 bits per heavy atom. The summed E-state index contributed by atoms with van der Waals surface area (Å²) in [6.07, 6.45) is 4.38. The number of halogens is 1. The van der Waals surface area contributed by atoms with Crippen molar-refractivity contribution in [2.24, 2.45) is 0 Å². The molecule has 0 saturated carbocycles. The molecule has 114 valence electrons. The lowest BCUT2D eigenvalue weighted by atomic mass is 10.1. The largest absolute Gasteiger partial charge is 0.496 e. The first-order valence-corrected chi connectivity index (χ1v) is 7.06. The molecule has 1 atom stereocenters. The van der Waals surface area contributed by atoms with Crippen LogP contribution in [0, 0.1) is 0 Å². The third-order valence-electron chi connectivity index (χ3n) is 3.69. The zero-order valence-corrected chi connectivity index (χ0v) is 12.9. The highest BCUT2D eigenvalue weighted by Crippen LogP contribution is 2.27. The summed E-state index contributed by atoms with van der Waals surface area (Å²) in [7, 11) is 1.64. The number of methoxy groups -OCH3 is 1. The Balaban J connectivity index is 0.00000161. The monoisotopic (exact) mass is 309 g/mol. The Morgan fingerprint density at radius 3 is 3.00 bits per heavy atom. The number of rotatable bonds is 5. The van der Waals surface area contributed by atoms with Gasteiger partial charge in [-0.3, -0.25) is 0 Å². The molecule has 1 aliphatic rings. The van der Waals surface area contributed by atoms with Gasteiger partial charge in [0.1, 0.15) is 5.75 Å². The first kappa shape index (κ1) is 15.8. The lowest BCUT2D eigenvalue weighted by Crippen LogP contribution is -2.21. The molecule has 2 heterocycles. The van der Waals surface area contributed by atoms with E-state index in [0.29, 0.717) is 17.8 Å². The summed E-state index contributed by atoms with van der Waals surface area (Å²) in [6, 6.07) is 8.29. The van der Waals surface area contributed by atoms with Gasteiger partial charge in [-0.1, -0.05) is 17.3 Å². The Morgan fingerprint density at radius 2 is 2.24 bits per heavy atom. The van der Waals surface area contributed by atoms with Crippen LogP contribution in [0.1, 0.15) is 25.2 Å². The molecule has 1 aliphatic heterocycles. The number of aromatic nitrogens is 2. The van der Waals surface area contributed by atoms with Gasteiger partial charge < -0.3 is 14.6 Å². The van der Waals surface area contributed by atoms with Crippen LogP contribution in [0.3, 0.4) is 0 Å². The molecule has 21 heavy (non-hydrogen) atoms. The van der Waals surface area contributed by atoms with Gasteiger partial charge in [-0.2, -0.15) is 4.98 Å². The van der Waals surface area contributed by atoms with Crippen molar-refractivity contribution in [1.82, 2.24) is 15.5 Å². The van der Waals surface area contributed by atoms with E-state index in [1.807, 2.05) is 24.3 Å². The zero-order valence-electron chi connectivity index (χ0n) is 12.0. The van der Waals surface area contributed by atoms with E-state index in [-0.39, 0.29) is 12.4 Å². The third kappa shape index (κ3) is 3.74. The molecule has 6 heteroatoms. The van der Waals surface area contributed by atoms with Crippen LogP contribution >= 0.6 is 12.4 Å². The van der Waals surface area contributed by atoms with E-state index in [2.05, 4.69) is 15.5 Å². The molecular formula is C15H20ClN3O2. The van der Waals surface area contributed by atoms with E-state index < -0.39 is 0 Å². The maximum absolute atomic E-state index is 5.33. The fourth-order valence-corrected chi connectivity index (χ4v) is 2.60. The molecule has 0 spiro atoms. The fraction of sp³-hybridized carbons (Fsp3) is 0.467. The van der Waals surface area contributed by atoms with Gasteiger partial charge in [0.25, 0.3) is 0 Å². The average molecular weight is 310 g/mol. The summed E-state index contributed by atoms with van der Waals surface area (Å²) >= 11 is 0. The molecule has 2 aromatic rings. The lowest BCUT2D eigenvalue weighted by Gasteiger charge is -2.06. The minimum atomic E-state index is 0. The smallest absolute Gasteiger partial charge is 0.227 e. The van der Waals surface area contributed by atoms with Gasteiger partial charge in [0.15, 0.2) is 0 Å². The number of hydrogen-bond acceptors (Lipinski definition) is 5. The molecule has 1 fully saturated rings. The number of ether oxygens (including phenoxy) is 1. The van der Waals surface area contributed by atoms with Crippen LogP contribution in [0.5, 0.6) is 5.75 Å². The van der Waals surface area contributed by atoms with Crippen molar-refractivity contribution in [2.75, 3.05) is 13.7 Å². The van der Waals surface area contributed by atoms with E-state index in [1.54, 1.807) is 7.11 Å². The van der Waals surface area contributed by atoms with E-state index >= 15 is 0 Å². The maximum atomic E-state index is 5.33. The first-order valence-electron chi connectivity index (χ1n) is 7.06.